The molecule has 0 aliphatic carbocycles. The Hall–Kier alpha value is -1.08. The van der Waals surface area contributed by atoms with Crippen LogP contribution in [0.15, 0.2) is 0 Å². The summed E-state index contributed by atoms with van der Waals surface area (Å²) in [4.78, 5) is 33.8. The van der Waals surface area contributed by atoms with Crippen molar-refractivity contribution in [1.82, 2.24) is 5.32 Å². The summed E-state index contributed by atoms with van der Waals surface area (Å²) >= 11 is 1.10. The first-order valence-electron chi connectivity index (χ1n) is 5.94. The predicted octanol–water partition coefficient (Wildman–Crippen LogP) is 0.394. The molecule has 2 atom stereocenters. The van der Waals surface area contributed by atoms with Gasteiger partial charge in [-0.25, -0.2) is 0 Å². The molecule has 0 spiro atoms. The third-order valence-electron chi connectivity index (χ3n) is 2.13. The molecule has 0 bridgehead atoms. The number of thioether (sulfide) groups is 1. The lowest BCUT2D eigenvalue weighted by Gasteiger charge is -2.22. The van der Waals surface area contributed by atoms with E-state index in [0.29, 0.717) is 0 Å². The number of Topliss-reactive ketones (excluding diaryl/α,β-unsaturated/α-hetero) is 1. The molecule has 0 saturated carbocycles. The molecule has 0 aliphatic heterocycles. The number of ketones is 1. The van der Waals surface area contributed by atoms with Crippen LogP contribution in [0.4, 0.5) is 0 Å². The Morgan fingerprint density at radius 1 is 1.32 bits per heavy atom. The van der Waals surface area contributed by atoms with E-state index in [1.165, 1.54) is 6.92 Å². The minimum absolute atomic E-state index is 0.0314. The molecular weight excluding hydrogens is 268 g/mol. The summed E-state index contributed by atoms with van der Waals surface area (Å²) in [7, 11) is 0. The highest BCUT2D eigenvalue weighted by Gasteiger charge is 2.23. The molecule has 0 saturated heterocycles. The second-order valence-corrected chi connectivity index (χ2v) is 6.62. The highest BCUT2D eigenvalue weighted by Crippen LogP contribution is 2.17. The standard InChI is InChI=1S/C12H22N2O4S/c1-7(15)9(19-6-8(13)11(17)18)5-10(16)14-12(2,3)4/h8-9H,5-6,13H2,1-4H3,(H,14,16)(H,17,18). The fourth-order valence-corrected chi connectivity index (χ4v) is 2.33. The van der Waals surface area contributed by atoms with Crippen LogP contribution < -0.4 is 11.1 Å². The number of aliphatic carboxylic acids is 1. The van der Waals surface area contributed by atoms with Gasteiger partial charge in [-0.3, -0.25) is 14.4 Å². The third-order valence-corrected chi connectivity index (χ3v) is 3.59. The molecule has 4 N–H and O–H groups in total. The summed E-state index contributed by atoms with van der Waals surface area (Å²) in [5, 5.41) is 10.9. The number of carboxylic acids is 1. The zero-order valence-electron chi connectivity index (χ0n) is 11.7. The fourth-order valence-electron chi connectivity index (χ4n) is 1.25. The minimum Gasteiger partial charge on any atom is -0.480 e. The maximum Gasteiger partial charge on any atom is 0.321 e. The molecule has 1 amide bonds. The number of hydrogen-bond acceptors (Lipinski definition) is 5. The molecule has 110 valence electrons. The zero-order valence-corrected chi connectivity index (χ0v) is 12.5. The van der Waals surface area contributed by atoms with Crippen molar-refractivity contribution in [3.63, 3.8) is 0 Å². The van der Waals surface area contributed by atoms with E-state index >= 15 is 0 Å². The summed E-state index contributed by atoms with van der Waals surface area (Å²) in [6.45, 7) is 6.93. The van der Waals surface area contributed by atoms with E-state index in [1.54, 1.807) is 0 Å². The van der Waals surface area contributed by atoms with Crippen LogP contribution in [0, 0.1) is 0 Å². The van der Waals surface area contributed by atoms with Crippen LogP contribution >= 0.6 is 11.8 Å². The molecule has 6 nitrogen and oxygen atoms in total. The van der Waals surface area contributed by atoms with Gasteiger partial charge in [-0.15, -0.1) is 11.8 Å². The molecule has 0 aromatic carbocycles. The van der Waals surface area contributed by atoms with Crippen molar-refractivity contribution in [2.45, 2.75) is 50.9 Å². The van der Waals surface area contributed by atoms with Gasteiger partial charge in [0.05, 0.1) is 5.25 Å². The van der Waals surface area contributed by atoms with Crippen molar-refractivity contribution in [3.8, 4) is 0 Å². The lowest BCUT2D eigenvalue weighted by Crippen LogP contribution is -2.42. The monoisotopic (exact) mass is 290 g/mol. The molecule has 7 heteroatoms. The highest BCUT2D eigenvalue weighted by molar-refractivity contribution is 8.00. The van der Waals surface area contributed by atoms with E-state index in [2.05, 4.69) is 5.32 Å². The molecule has 0 rings (SSSR count). The molecule has 0 heterocycles. The average molecular weight is 290 g/mol. The quantitative estimate of drug-likeness (QED) is 0.626. The van der Waals surface area contributed by atoms with E-state index in [-0.39, 0.29) is 29.4 Å². The Balaban J connectivity index is 4.39. The summed E-state index contributed by atoms with van der Waals surface area (Å²) in [5.74, 6) is -1.41. The number of hydrogen-bond donors (Lipinski definition) is 3. The first kappa shape index (κ1) is 17.9. The lowest BCUT2D eigenvalue weighted by atomic mass is 10.1. The zero-order chi connectivity index (χ0) is 15.2. The van der Waals surface area contributed by atoms with Crippen LogP contribution in [-0.4, -0.2) is 45.3 Å². The third kappa shape index (κ3) is 8.61. The summed E-state index contributed by atoms with van der Waals surface area (Å²) in [6.07, 6.45) is 0.0314. The van der Waals surface area contributed by atoms with Crippen LogP contribution in [0.3, 0.4) is 0 Å². The number of nitrogens with one attached hydrogen (secondary N) is 1. The van der Waals surface area contributed by atoms with Gasteiger partial charge in [-0.1, -0.05) is 0 Å². The minimum atomic E-state index is -1.12. The molecule has 0 aromatic heterocycles. The van der Waals surface area contributed by atoms with E-state index in [4.69, 9.17) is 10.8 Å². The van der Waals surface area contributed by atoms with Crippen molar-refractivity contribution >= 4 is 29.4 Å². The number of carboxylic acid groups (broad SMARTS) is 1. The van der Waals surface area contributed by atoms with Crippen LogP contribution in [0.25, 0.3) is 0 Å². The van der Waals surface area contributed by atoms with Crippen molar-refractivity contribution in [2.75, 3.05) is 5.75 Å². The molecule has 0 aliphatic rings. The van der Waals surface area contributed by atoms with Crippen molar-refractivity contribution in [3.05, 3.63) is 0 Å². The first-order valence-corrected chi connectivity index (χ1v) is 6.99. The Morgan fingerprint density at radius 3 is 2.21 bits per heavy atom. The van der Waals surface area contributed by atoms with Gasteiger partial charge in [-0.2, -0.15) is 0 Å². The number of carbonyl (C=O) groups is 3. The number of amides is 1. The maximum atomic E-state index is 11.7. The predicted molar refractivity (Wildman–Crippen MR) is 75.1 cm³/mol. The normalized spacial score (nSPS) is 14.6. The molecular formula is C12H22N2O4S. The van der Waals surface area contributed by atoms with Crippen molar-refractivity contribution in [1.29, 1.82) is 0 Å². The molecule has 0 aromatic rings. The fraction of sp³-hybridized carbons (Fsp3) is 0.750. The lowest BCUT2D eigenvalue weighted by molar-refractivity contribution is -0.138. The average Bonchev–Trinajstić information content (AvgIpc) is 2.20. The van der Waals surface area contributed by atoms with Gasteiger partial charge in [0.1, 0.15) is 11.8 Å². The van der Waals surface area contributed by atoms with Gasteiger partial charge in [0, 0.05) is 17.7 Å². The van der Waals surface area contributed by atoms with Crippen LogP contribution in [0.5, 0.6) is 0 Å². The van der Waals surface area contributed by atoms with Gasteiger partial charge >= 0.3 is 5.97 Å². The Morgan fingerprint density at radius 2 is 1.84 bits per heavy atom. The second-order valence-electron chi connectivity index (χ2n) is 5.38. The smallest absolute Gasteiger partial charge is 0.321 e. The number of carbonyl (C=O) groups excluding carboxylic acids is 2. The molecule has 0 fully saturated rings. The molecule has 0 radical (unpaired) electrons. The number of nitrogens with two attached hydrogens (primary N) is 1. The summed E-state index contributed by atoms with van der Waals surface area (Å²) in [5.41, 5.74) is 5.00. The second kappa shape index (κ2) is 7.49. The van der Waals surface area contributed by atoms with Crippen molar-refractivity contribution < 1.29 is 19.5 Å². The van der Waals surface area contributed by atoms with Gasteiger partial charge in [-0.05, 0) is 27.7 Å². The maximum absolute atomic E-state index is 11.7. The van der Waals surface area contributed by atoms with E-state index in [0.717, 1.165) is 11.8 Å². The van der Waals surface area contributed by atoms with Crippen molar-refractivity contribution in [2.24, 2.45) is 5.73 Å². The summed E-state index contributed by atoms with van der Waals surface area (Å²) in [6, 6.07) is -1.03. The van der Waals surface area contributed by atoms with E-state index in [9.17, 15) is 14.4 Å². The van der Waals surface area contributed by atoms with E-state index in [1.807, 2.05) is 20.8 Å². The molecule has 2 unspecified atom stereocenters. The van der Waals surface area contributed by atoms with Crippen LogP contribution in [-0.2, 0) is 14.4 Å². The van der Waals surface area contributed by atoms with Gasteiger partial charge in [0.15, 0.2) is 0 Å². The number of rotatable bonds is 7. The Labute approximate surface area is 117 Å². The highest BCUT2D eigenvalue weighted by atomic mass is 32.2. The first-order chi connectivity index (χ1) is 8.53. The van der Waals surface area contributed by atoms with Gasteiger partial charge in [0.25, 0.3) is 0 Å². The van der Waals surface area contributed by atoms with Gasteiger partial charge in [0.2, 0.25) is 5.91 Å². The van der Waals surface area contributed by atoms with Crippen LogP contribution in [0.1, 0.15) is 34.1 Å². The Kier molecular flexibility index (Phi) is 7.07. The topological polar surface area (TPSA) is 109 Å². The largest absolute Gasteiger partial charge is 0.480 e. The van der Waals surface area contributed by atoms with Crippen LogP contribution in [0.2, 0.25) is 0 Å². The van der Waals surface area contributed by atoms with Gasteiger partial charge < -0.3 is 16.2 Å². The molecule has 19 heavy (non-hydrogen) atoms. The SMILES string of the molecule is CC(=O)C(CC(=O)NC(C)(C)C)SCC(N)C(=O)O. The van der Waals surface area contributed by atoms with E-state index < -0.39 is 17.3 Å². The summed E-state index contributed by atoms with van der Waals surface area (Å²) < 4.78 is 0. The Bertz CT molecular complexity index is 352.